The van der Waals surface area contributed by atoms with Crippen molar-refractivity contribution in [3.63, 3.8) is 0 Å². The average molecular weight is 797 g/mol. The predicted molar refractivity (Wildman–Crippen MR) is 241 cm³/mol. The van der Waals surface area contributed by atoms with Gasteiger partial charge in [-0.15, -0.1) is 0 Å². The molecule has 0 N–H and O–H groups in total. The summed E-state index contributed by atoms with van der Waals surface area (Å²) in [7, 11) is 0. The fourth-order valence-electron chi connectivity index (χ4n) is 7.09. The van der Waals surface area contributed by atoms with Crippen molar-refractivity contribution in [3.05, 3.63) is 197 Å². The van der Waals surface area contributed by atoms with Gasteiger partial charge in [0.25, 0.3) is 0 Å². The van der Waals surface area contributed by atoms with E-state index in [1.165, 1.54) is 11.1 Å². The quantitative estimate of drug-likeness (QED) is 0.0909. The number of hydrogen-bond acceptors (Lipinski definition) is 6. The monoisotopic (exact) mass is 796 g/mol. The molecule has 1 aliphatic rings. The van der Waals surface area contributed by atoms with Gasteiger partial charge in [0.15, 0.2) is 17.3 Å². The standard InChI is InChI=1S/C54H52O6/c1-37(2)19-18-20-39(5)30-32-45-44(33-34-48(56-40-21-10-6-11-22-40)53(45)58-42-25-14-8-15-26-42)49-35-47(55)52-51(60-49)36-50(57-41-23-12-7-13-24-41)46(31-29-38(3)4)54(52)59-43-27-16-9-17-28-43/h6-17,19,21-30,33-34,36,49H,18,20,31-32,35H2,1-5H3/b39-30+/t49-/m0/s1. The molecule has 0 unspecified atom stereocenters. The van der Waals surface area contributed by atoms with Crippen LogP contribution in [0, 0.1) is 0 Å². The summed E-state index contributed by atoms with van der Waals surface area (Å²) in [5, 5.41) is 0. The number of ether oxygens (including phenoxy) is 5. The first-order valence-electron chi connectivity index (χ1n) is 20.6. The number of allylic oxidation sites excluding steroid dienone is 6. The largest absolute Gasteiger partial charge is 0.484 e. The predicted octanol–water partition coefficient (Wildman–Crippen LogP) is 15.3. The second-order valence-corrected chi connectivity index (χ2v) is 15.5. The summed E-state index contributed by atoms with van der Waals surface area (Å²) in [6.07, 6.45) is 8.94. The summed E-state index contributed by atoms with van der Waals surface area (Å²) < 4.78 is 33.6. The zero-order valence-electron chi connectivity index (χ0n) is 35.1. The highest BCUT2D eigenvalue weighted by atomic mass is 16.5. The van der Waals surface area contributed by atoms with Gasteiger partial charge in [0.05, 0.1) is 6.42 Å². The first kappa shape index (κ1) is 41.4. The molecule has 304 valence electrons. The van der Waals surface area contributed by atoms with E-state index in [2.05, 4.69) is 52.8 Å². The fourth-order valence-corrected chi connectivity index (χ4v) is 7.09. The minimum atomic E-state index is -0.652. The Labute approximate surface area is 354 Å². The van der Waals surface area contributed by atoms with Gasteiger partial charge in [0.1, 0.15) is 51.9 Å². The highest BCUT2D eigenvalue weighted by Crippen LogP contribution is 2.50. The number of hydrogen-bond donors (Lipinski definition) is 0. The van der Waals surface area contributed by atoms with E-state index in [4.69, 9.17) is 23.7 Å². The van der Waals surface area contributed by atoms with E-state index in [9.17, 15) is 4.79 Å². The van der Waals surface area contributed by atoms with Crippen molar-refractivity contribution in [2.45, 2.75) is 72.8 Å². The number of ketones is 1. The molecule has 6 nitrogen and oxygen atoms in total. The van der Waals surface area contributed by atoms with Gasteiger partial charge in [-0.25, -0.2) is 0 Å². The van der Waals surface area contributed by atoms with Gasteiger partial charge >= 0.3 is 0 Å². The number of benzene rings is 6. The van der Waals surface area contributed by atoms with Crippen LogP contribution in [0.5, 0.6) is 51.7 Å². The minimum absolute atomic E-state index is 0.0824. The van der Waals surface area contributed by atoms with E-state index in [-0.39, 0.29) is 12.2 Å². The molecule has 0 bridgehead atoms. The Morgan fingerprint density at radius 1 is 0.567 bits per heavy atom. The molecule has 0 saturated heterocycles. The van der Waals surface area contributed by atoms with Crippen LogP contribution in [0.15, 0.2) is 174 Å². The Bertz CT molecular complexity index is 2480. The maximum absolute atomic E-state index is 14.8. The Morgan fingerprint density at radius 3 is 1.62 bits per heavy atom. The molecule has 0 radical (unpaired) electrons. The van der Waals surface area contributed by atoms with Crippen molar-refractivity contribution in [2.75, 3.05) is 0 Å². The number of carbonyl (C=O) groups excluding carboxylic acids is 1. The number of carbonyl (C=O) groups is 1. The van der Waals surface area contributed by atoms with Gasteiger partial charge in [0, 0.05) is 22.8 Å². The SMILES string of the molecule is CC(C)=CCC/C(C)=C/Cc1c([C@@H]2CC(=O)c3c(cc(Oc4ccccc4)c(CC=C(C)C)c3Oc3ccccc3)O2)ccc(Oc2ccccc2)c1Oc1ccccc1. The van der Waals surface area contributed by atoms with Crippen LogP contribution in [0.1, 0.15) is 87.0 Å². The van der Waals surface area contributed by atoms with Crippen LogP contribution in [-0.2, 0) is 12.8 Å². The summed E-state index contributed by atoms with van der Waals surface area (Å²) in [6.45, 7) is 10.5. The third-order valence-corrected chi connectivity index (χ3v) is 10.2. The first-order chi connectivity index (χ1) is 29.2. The van der Waals surface area contributed by atoms with Crippen LogP contribution >= 0.6 is 0 Å². The molecule has 6 heteroatoms. The third-order valence-electron chi connectivity index (χ3n) is 10.2. The van der Waals surface area contributed by atoms with Crippen molar-refractivity contribution in [1.29, 1.82) is 0 Å². The first-order valence-corrected chi connectivity index (χ1v) is 20.6. The Morgan fingerprint density at radius 2 is 1.07 bits per heavy atom. The van der Waals surface area contributed by atoms with Crippen LogP contribution < -0.4 is 23.7 Å². The molecule has 60 heavy (non-hydrogen) atoms. The van der Waals surface area contributed by atoms with Crippen LogP contribution in [0.4, 0.5) is 0 Å². The van der Waals surface area contributed by atoms with Gasteiger partial charge < -0.3 is 23.7 Å². The van der Waals surface area contributed by atoms with Crippen molar-refractivity contribution in [2.24, 2.45) is 0 Å². The molecule has 0 aliphatic carbocycles. The average Bonchev–Trinajstić information content (AvgIpc) is 3.24. The van der Waals surface area contributed by atoms with Gasteiger partial charge in [-0.2, -0.15) is 0 Å². The Balaban J connectivity index is 1.38. The molecule has 6 aromatic rings. The van der Waals surface area contributed by atoms with E-state index in [1.54, 1.807) is 0 Å². The molecule has 1 atom stereocenters. The van der Waals surface area contributed by atoms with Gasteiger partial charge in [-0.1, -0.05) is 114 Å². The second kappa shape index (κ2) is 19.8. The molecular weight excluding hydrogens is 745 g/mol. The van der Waals surface area contributed by atoms with Crippen LogP contribution in [0.25, 0.3) is 0 Å². The molecule has 0 aromatic heterocycles. The van der Waals surface area contributed by atoms with Crippen LogP contribution in [-0.4, -0.2) is 5.78 Å². The zero-order chi connectivity index (χ0) is 41.8. The number of para-hydroxylation sites is 4. The smallest absolute Gasteiger partial charge is 0.174 e. The molecule has 0 amide bonds. The normalized spacial score (nSPS) is 13.4. The molecule has 0 spiro atoms. The molecule has 0 saturated carbocycles. The lowest BCUT2D eigenvalue weighted by molar-refractivity contribution is 0.0844. The Hall–Kier alpha value is -6.79. The van der Waals surface area contributed by atoms with Gasteiger partial charge in [0.2, 0.25) is 0 Å². The summed E-state index contributed by atoms with van der Waals surface area (Å²) in [4.78, 5) is 14.8. The van der Waals surface area contributed by atoms with E-state index >= 15 is 0 Å². The van der Waals surface area contributed by atoms with Crippen LogP contribution in [0.2, 0.25) is 0 Å². The van der Waals surface area contributed by atoms with Crippen molar-refractivity contribution in [3.8, 4) is 51.7 Å². The van der Waals surface area contributed by atoms with Crippen molar-refractivity contribution in [1.82, 2.24) is 0 Å². The highest BCUT2D eigenvalue weighted by molar-refractivity contribution is 6.03. The molecular formula is C54H52O6. The summed E-state index contributed by atoms with van der Waals surface area (Å²) in [6, 6.07) is 44.3. The summed E-state index contributed by atoms with van der Waals surface area (Å²) >= 11 is 0. The topological polar surface area (TPSA) is 63.2 Å². The summed E-state index contributed by atoms with van der Waals surface area (Å²) in [5.41, 5.74) is 6.54. The molecule has 1 heterocycles. The maximum atomic E-state index is 14.8. The zero-order valence-corrected chi connectivity index (χ0v) is 35.1. The molecule has 6 aromatic carbocycles. The maximum Gasteiger partial charge on any atom is 0.174 e. The molecule has 7 rings (SSSR count). The second-order valence-electron chi connectivity index (χ2n) is 15.5. The summed E-state index contributed by atoms with van der Waals surface area (Å²) in [5.74, 6) is 5.02. The molecule has 0 fully saturated rings. The lowest BCUT2D eigenvalue weighted by atomic mass is 9.89. The highest BCUT2D eigenvalue weighted by Gasteiger charge is 2.36. The van der Waals surface area contributed by atoms with Gasteiger partial charge in [-0.3, -0.25) is 4.79 Å². The third kappa shape index (κ3) is 10.6. The van der Waals surface area contributed by atoms with Crippen LogP contribution in [0.3, 0.4) is 0 Å². The van der Waals surface area contributed by atoms with Crippen molar-refractivity contribution >= 4 is 5.78 Å². The number of rotatable bonds is 16. The number of fused-ring (bicyclic) bond motifs is 1. The van der Waals surface area contributed by atoms with E-state index < -0.39 is 6.10 Å². The fraction of sp³-hybridized carbons (Fsp3) is 0.204. The number of Topliss-reactive ketones (excluding diaryl/α,β-unsaturated/α-hetero) is 1. The van der Waals surface area contributed by atoms with E-state index in [0.717, 1.165) is 35.1 Å². The Kier molecular flexibility index (Phi) is 13.6. The minimum Gasteiger partial charge on any atom is -0.484 e. The van der Waals surface area contributed by atoms with E-state index in [0.29, 0.717) is 70.2 Å². The van der Waals surface area contributed by atoms with Crippen molar-refractivity contribution < 1.29 is 28.5 Å². The molecule has 1 aliphatic heterocycles. The van der Waals surface area contributed by atoms with E-state index in [1.807, 2.05) is 140 Å². The lowest BCUT2D eigenvalue weighted by Gasteiger charge is -2.30. The van der Waals surface area contributed by atoms with Gasteiger partial charge in [-0.05, 0) is 115 Å². The lowest BCUT2D eigenvalue weighted by Crippen LogP contribution is -2.23.